The smallest absolute Gasteiger partial charge is 0.243 e. The first-order valence-electron chi connectivity index (χ1n) is 10.1. The van der Waals surface area contributed by atoms with Gasteiger partial charge in [-0.3, -0.25) is 4.90 Å². The van der Waals surface area contributed by atoms with Gasteiger partial charge in [0, 0.05) is 38.8 Å². The van der Waals surface area contributed by atoms with Crippen LogP contribution in [-0.2, 0) is 16.6 Å². The van der Waals surface area contributed by atoms with E-state index in [0.29, 0.717) is 50.9 Å². The lowest BCUT2D eigenvalue weighted by atomic mass is 10.1. The molecule has 0 amide bonds. The van der Waals surface area contributed by atoms with Crippen molar-refractivity contribution in [1.82, 2.24) is 9.21 Å². The van der Waals surface area contributed by atoms with E-state index in [9.17, 15) is 8.42 Å². The molecule has 2 aromatic rings. The third kappa shape index (κ3) is 5.29. The van der Waals surface area contributed by atoms with Gasteiger partial charge in [-0.05, 0) is 38.5 Å². The lowest BCUT2D eigenvalue weighted by molar-refractivity contribution is 0.181. The lowest BCUT2D eigenvalue weighted by Gasteiger charge is -2.34. The van der Waals surface area contributed by atoms with E-state index in [1.165, 1.54) is 11.1 Å². The normalized spacial score (nSPS) is 16.0. The number of rotatable bonds is 8. The Bertz CT molecular complexity index is 922. The van der Waals surface area contributed by atoms with Crippen molar-refractivity contribution in [3.05, 3.63) is 53.6 Å². The van der Waals surface area contributed by atoms with E-state index in [1.807, 2.05) is 13.8 Å². The fourth-order valence-electron chi connectivity index (χ4n) is 3.54. The fourth-order valence-corrected chi connectivity index (χ4v) is 4.98. The van der Waals surface area contributed by atoms with Crippen molar-refractivity contribution >= 4 is 10.0 Å². The molecule has 158 valence electrons. The molecule has 0 unspecified atom stereocenters. The van der Waals surface area contributed by atoms with E-state index in [1.54, 1.807) is 22.5 Å². The second-order valence-electron chi connectivity index (χ2n) is 7.14. The van der Waals surface area contributed by atoms with Crippen LogP contribution in [0.1, 0.15) is 25.0 Å². The van der Waals surface area contributed by atoms with Gasteiger partial charge in [0.05, 0.1) is 18.1 Å². The molecule has 29 heavy (non-hydrogen) atoms. The number of benzene rings is 2. The average molecular weight is 419 g/mol. The van der Waals surface area contributed by atoms with E-state index in [-0.39, 0.29) is 4.90 Å². The molecule has 6 nitrogen and oxygen atoms in total. The van der Waals surface area contributed by atoms with Crippen LogP contribution in [0.2, 0.25) is 0 Å². The molecule has 1 heterocycles. The summed E-state index contributed by atoms with van der Waals surface area (Å²) in [6.45, 7) is 9.99. The Labute approximate surface area is 174 Å². The molecule has 0 radical (unpaired) electrons. The Morgan fingerprint density at radius 1 is 0.897 bits per heavy atom. The minimum Gasteiger partial charge on any atom is -0.490 e. The van der Waals surface area contributed by atoms with Crippen LogP contribution < -0.4 is 9.47 Å². The molecule has 0 atom stereocenters. The molecule has 0 aromatic heterocycles. The quantitative estimate of drug-likeness (QED) is 0.658. The molecule has 0 bridgehead atoms. The van der Waals surface area contributed by atoms with Crippen LogP contribution in [0.5, 0.6) is 11.5 Å². The molecular formula is C22H30N2O4S. The van der Waals surface area contributed by atoms with E-state index in [4.69, 9.17) is 9.47 Å². The van der Waals surface area contributed by atoms with Gasteiger partial charge >= 0.3 is 0 Å². The van der Waals surface area contributed by atoms with Crippen molar-refractivity contribution in [2.24, 2.45) is 0 Å². The maximum Gasteiger partial charge on any atom is 0.243 e. The van der Waals surface area contributed by atoms with Crippen molar-refractivity contribution in [3.63, 3.8) is 0 Å². The third-order valence-corrected chi connectivity index (χ3v) is 6.87. The number of aryl methyl sites for hydroxylation is 1. The topological polar surface area (TPSA) is 59.1 Å². The van der Waals surface area contributed by atoms with E-state index in [2.05, 4.69) is 36.1 Å². The van der Waals surface area contributed by atoms with Gasteiger partial charge in [0.15, 0.2) is 11.5 Å². The van der Waals surface area contributed by atoms with E-state index < -0.39 is 10.0 Å². The zero-order valence-corrected chi connectivity index (χ0v) is 18.2. The van der Waals surface area contributed by atoms with Gasteiger partial charge < -0.3 is 9.47 Å². The maximum atomic E-state index is 13.1. The first kappa shape index (κ1) is 21.6. The second kappa shape index (κ2) is 9.61. The number of sulfonamides is 1. The Hall–Kier alpha value is -2.09. The second-order valence-corrected chi connectivity index (χ2v) is 9.08. The number of hydrogen-bond acceptors (Lipinski definition) is 5. The standard InChI is InChI=1S/C22H30N2O4S/c1-4-27-21-10-9-20(16-22(21)28-5-2)29(25,26)24-13-11-23(12-14-24)17-19-8-6-7-18(3)15-19/h6-10,15-16H,4-5,11-14,17H2,1-3H3. The van der Waals surface area contributed by atoms with Gasteiger partial charge in [-0.25, -0.2) is 8.42 Å². The Balaban J connectivity index is 1.68. The summed E-state index contributed by atoms with van der Waals surface area (Å²) in [4.78, 5) is 2.54. The van der Waals surface area contributed by atoms with Gasteiger partial charge in [-0.15, -0.1) is 0 Å². The Kier molecular flexibility index (Phi) is 7.16. The molecule has 0 N–H and O–H groups in total. The van der Waals surface area contributed by atoms with Gasteiger partial charge in [0.25, 0.3) is 0 Å². The molecular weight excluding hydrogens is 388 g/mol. The highest BCUT2D eigenvalue weighted by Crippen LogP contribution is 2.31. The molecule has 3 rings (SSSR count). The number of ether oxygens (including phenoxy) is 2. The highest BCUT2D eigenvalue weighted by molar-refractivity contribution is 7.89. The summed E-state index contributed by atoms with van der Waals surface area (Å²) in [6.07, 6.45) is 0. The number of piperazine rings is 1. The van der Waals surface area contributed by atoms with Crippen molar-refractivity contribution < 1.29 is 17.9 Å². The monoisotopic (exact) mass is 418 g/mol. The van der Waals surface area contributed by atoms with Crippen LogP contribution in [0, 0.1) is 6.92 Å². The van der Waals surface area contributed by atoms with Crippen LogP contribution in [0.25, 0.3) is 0 Å². The van der Waals surface area contributed by atoms with E-state index >= 15 is 0 Å². The summed E-state index contributed by atoms with van der Waals surface area (Å²) in [5.41, 5.74) is 2.50. The lowest BCUT2D eigenvalue weighted by Crippen LogP contribution is -2.48. The van der Waals surface area contributed by atoms with Gasteiger partial charge in [0.2, 0.25) is 10.0 Å². The molecule has 7 heteroatoms. The van der Waals surface area contributed by atoms with Gasteiger partial charge in [0.1, 0.15) is 0 Å². The van der Waals surface area contributed by atoms with Crippen LogP contribution >= 0.6 is 0 Å². The molecule has 1 aliphatic rings. The first-order chi connectivity index (χ1) is 13.9. The summed E-state index contributed by atoms with van der Waals surface area (Å²) >= 11 is 0. The zero-order valence-electron chi connectivity index (χ0n) is 17.4. The maximum absolute atomic E-state index is 13.1. The zero-order chi connectivity index (χ0) is 20.9. The SMILES string of the molecule is CCOc1ccc(S(=O)(=O)N2CCN(Cc3cccc(C)c3)CC2)cc1OCC. The molecule has 0 aliphatic carbocycles. The molecule has 0 spiro atoms. The van der Waals surface area contributed by atoms with Crippen LogP contribution in [0.3, 0.4) is 0 Å². The molecule has 0 saturated carbocycles. The summed E-state index contributed by atoms with van der Waals surface area (Å²) in [7, 11) is -3.57. The van der Waals surface area contributed by atoms with Crippen molar-refractivity contribution in [2.45, 2.75) is 32.2 Å². The molecule has 1 saturated heterocycles. The van der Waals surface area contributed by atoms with E-state index in [0.717, 1.165) is 6.54 Å². The summed E-state index contributed by atoms with van der Waals surface area (Å²) in [5, 5.41) is 0. The molecule has 1 aliphatic heterocycles. The molecule has 2 aromatic carbocycles. The van der Waals surface area contributed by atoms with Gasteiger partial charge in [-0.1, -0.05) is 29.8 Å². The third-order valence-electron chi connectivity index (χ3n) is 4.97. The minimum absolute atomic E-state index is 0.247. The van der Waals surface area contributed by atoms with Crippen LogP contribution in [-0.4, -0.2) is 57.0 Å². The van der Waals surface area contributed by atoms with Gasteiger partial charge in [-0.2, -0.15) is 4.31 Å². The fraction of sp³-hybridized carbons (Fsp3) is 0.455. The molecule has 1 fully saturated rings. The summed E-state index contributed by atoms with van der Waals surface area (Å²) in [6, 6.07) is 13.3. The predicted molar refractivity (Wildman–Crippen MR) is 114 cm³/mol. The Morgan fingerprint density at radius 3 is 2.24 bits per heavy atom. The largest absolute Gasteiger partial charge is 0.490 e. The van der Waals surface area contributed by atoms with Crippen LogP contribution in [0.15, 0.2) is 47.4 Å². The number of nitrogens with zero attached hydrogens (tertiary/aromatic N) is 2. The van der Waals surface area contributed by atoms with Crippen molar-refractivity contribution in [1.29, 1.82) is 0 Å². The average Bonchev–Trinajstić information content (AvgIpc) is 2.70. The number of hydrogen-bond donors (Lipinski definition) is 0. The van der Waals surface area contributed by atoms with Crippen LogP contribution in [0.4, 0.5) is 0 Å². The predicted octanol–water partition coefficient (Wildman–Crippen LogP) is 3.30. The summed E-state index contributed by atoms with van der Waals surface area (Å²) < 4.78 is 39.0. The highest BCUT2D eigenvalue weighted by Gasteiger charge is 2.29. The first-order valence-corrected chi connectivity index (χ1v) is 11.6. The summed E-state index contributed by atoms with van der Waals surface area (Å²) in [5.74, 6) is 1.03. The van der Waals surface area contributed by atoms with Crippen molar-refractivity contribution in [3.8, 4) is 11.5 Å². The minimum atomic E-state index is -3.57. The van der Waals surface area contributed by atoms with Crippen molar-refractivity contribution in [2.75, 3.05) is 39.4 Å². The highest BCUT2D eigenvalue weighted by atomic mass is 32.2. The Morgan fingerprint density at radius 2 is 1.59 bits per heavy atom.